The van der Waals surface area contributed by atoms with Crippen molar-refractivity contribution in [3.63, 3.8) is 0 Å². The number of carboxylic acids is 1. The summed E-state index contributed by atoms with van der Waals surface area (Å²) < 4.78 is 10.7. The van der Waals surface area contributed by atoms with Crippen LogP contribution >= 0.6 is 0 Å². The second-order valence-corrected chi connectivity index (χ2v) is 29.8. The minimum Gasteiger partial charge on any atom is -0.481 e. The molecule has 0 spiro atoms. The minimum absolute atomic E-state index is 0.0354. The number of rotatable bonds is 21. The average Bonchev–Trinajstić information content (AvgIpc) is 1.64. The number of ether oxygens (including phenoxy) is 2. The zero-order valence-corrected chi connectivity index (χ0v) is 71.2. The fraction of sp³-hybridized carbons (Fsp3) is 0.353. The summed E-state index contributed by atoms with van der Waals surface area (Å²) in [6.45, 7) is 25.6. The van der Waals surface area contributed by atoms with E-state index >= 15 is 0 Å². The van der Waals surface area contributed by atoms with E-state index in [-0.39, 0.29) is 90.4 Å². The quantitative estimate of drug-likeness (QED) is 0.0673. The van der Waals surface area contributed by atoms with Crippen LogP contribution in [-0.2, 0) is 72.5 Å². The van der Waals surface area contributed by atoms with Gasteiger partial charge in [-0.3, -0.25) is 43.6 Å². The van der Waals surface area contributed by atoms with Gasteiger partial charge in [0.05, 0.1) is 42.9 Å². The molecule has 16 rings (SSSR count). The second-order valence-electron chi connectivity index (χ2n) is 29.8. The van der Waals surface area contributed by atoms with E-state index in [0.717, 1.165) is 86.7 Å². The van der Waals surface area contributed by atoms with Crippen molar-refractivity contribution in [2.75, 3.05) is 79.7 Å². The molecule has 6 aliphatic rings. The van der Waals surface area contributed by atoms with E-state index in [9.17, 15) is 33.9 Å². The summed E-state index contributed by atoms with van der Waals surface area (Å²) in [5.41, 5.74) is 11.8. The lowest BCUT2D eigenvalue weighted by molar-refractivity contribution is -0.173. The molecule has 10 aromatic carbocycles. The van der Waals surface area contributed by atoms with Crippen molar-refractivity contribution < 1.29 is 48.2 Å². The Hall–Kier alpha value is -11.2. The number of carbonyl (C=O) groups excluding carboxylic acids is 5. The summed E-state index contributed by atoms with van der Waals surface area (Å²) >= 11 is 0. The fourth-order valence-corrected chi connectivity index (χ4v) is 16.8. The molecular formula is C102H123N7O10. The highest BCUT2D eigenvalue weighted by Gasteiger charge is 2.49. The standard InChI is InChI=1S/2C28H28N2O3.C20H24N2O2.C18H19NO2.4C2H6/c2*31-27(30-24(20-33-28(30)32)16-21-10-4-1-5-11-21)26-19-29(17-22-12-6-2-7-13-22)18-25(26)23-14-8-3-9-15-23;1-21(24-2)20(23)19-15-22(13-16-9-5-3-6-10-16)14-18(19)17-11-7-4-8-12-17;20-18(21)17-13-19(11-14-7-3-1-4-8-14)12-16(17)15-9-5-2-6-10-15;4*1-2/h2*1-15,24-26H,16-20H2;3-12,18-19H,13-15H2,1-2H3;1-10,16-17H,11-13H2,(H,20,21);4*1-2H3/t24-,25?,26-;24-,25-,26+;18-,19+;16-,17+;;;;/m0010..../s1. The normalized spacial score (nSPS) is 21.1. The second kappa shape index (κ2) is 48.6. The van der Waals surface area contributed by atoms with Gasteiger partial charge in [0.25, 0.3) is 5.91 Å². The van der Waals surface area contributed by atoms with E-state index < -0.39 is 18.2 Å². The molecule has 0 saturated carbocycles. The van der Waals surface area contributed by atoms with E-state index in [1.165, 1.54) is 49.8 Å². The van der Waals surface area contributed by atoms with Crippen LogP contribution in [0.2, 0.25) is 0 Å². The van der Waals surface area contributed by atoms with E-state index in [1.54, 1.807) is 7.05 Å². The summed E-state index contributed by atoms with van der Waals surface area (Å²) in [6.07, 6.45) is 0.173. The minimum atomic E-state index is -0.695. The lowest BCUT2D eigenvalue weighted by Crippen LogP contribution is -2.45. The Labute approximate surface area is 707 Å². The molecule has 17 nitrogen and oxygen atoms in total. The topological polar surface area (TPSA) is 173 Å². The number of nitrogens with zero attached hydrogens (tertiary/aromatic N) is 7. The van der Waals surface area contributed by atoms with Gasteiger partial charge >= 0.3 is 18.2 Å². The number of hydrogen-bond acceptors (Lipinski definition) is 13. The van der Waals surface area contributed by atoms with Crippen molar-refractivity contribution in [3.8, 4) is 0 Å². The number of cyclic esters (lactones) is 2. The molecule has 6 aliphatic heterocycles. The third kappa shape index (κ3) is 25.9. The Balaban J connectivity index is 0.000000178. The molecule has 0 bridgehead atoms. The molecular weight excluding hydrogens is 1480 g/mol. The Morgan fingerprint density at radius 1 is 0.328 bits per heavy atom. The van der Waals surface area contributed by atoms with Gasteiger partial charge in [-0.2, -0.15) is 0 Å². The van der Waals surface area contributed by atoms with Crippen LogP contribution in [0.4, 0.5) is 9.59 Å². The lowest BCUT2D eigenvalue weighted by atomic mass is 9.87. The maximum absolute atomic E-state index is 13.8. The average molecular weight is 1610 g/mol. The molecule has 6 heterocycles. The van der Waals surface area contributed by atoms with Gasteiger partial charge in [0, 0.05) is 109 Å². The molecule has 1 N–H and O–H groups in total. The van der Waals surface area contributed by atoms with E-state index in [4.69, 9.17) is 14.3 Å². The number of carbonyl (C=O) groups is 6. The molecule has 1 unspecified atom stereocenters. The first-order valence-electron chi connectivity index (χ1n) is 42.7. The van der Waals surface area contributed by atoms with Crippen LogP contribution in [0.3, 0.4) is 0 Å². The van der Waals surface area contributed by atoms with Crippen LogP contribution in [0.1, 0.15) is 135 Å². The largest absolute Gasteiger partial charge is 0.481 e. The number of hydroxylamine groups is 2. The third-order valence-corrected chi connectivity index (χ3v) is 22.4. The van der Waals surface area contributed by atoms with Crippen molar-refractivity contribution >= 4 is 35.9 Å². The zero-order chi connectivity index (χ0) is 84.8. The van der Waals surface area contributed by atoms with Crippen LogP contribution in [0.5, 0.6) is 0 Å². The fourth-order valence-electron chi connectivity index (χ4n) is 16.8. The molecule has 0 aliphatic carbocycles. The van der Waals surface area contributed by atoms with Crippen molar-refractivity contribution in [1.29, 1.82) is 0 Å². The van der Waals surface area contributed by atoms with Gasteiger partial charge in [0.2, 0.25) is 11.8 Å². The SMILES string of the molecule is CC.CC.CC.CC.CON(C)C(=O)[C@H]1CN(Cc2ccccc2)C[C@@H]1c1ccccc1.O=C(O)[C@@H]1CN(Cc2ccccc2)C[C@H]1c1ccccc1.O=C1OC[C@H](Cc2ccccc2)N1C(=O)[C@@H]1CN(Cc2ccccc2)C[C@H]1c1ccccc1.O=C1OC[C@H](Cc2ccccc2)N1C(=O)[C@H]1CN(Cc2ccccc2)CC1c1ccccc1. The molecule has 6 saturated heterocycles. The van der Waals surface area contributed by atoms with Gasteiger partial charge in [-0.1, -0.05) is 359 Å². The van der Waals surface area contributed by atoms with Gasteiger partial charge < -0.3 is 14.6 Å². The molecule has 10 atom stereocenters. The molecule has 17 heteroatoms. The first-order valence-corrected chi connectivity index (χ1v) is 42.7. The molecule has 5 amide bonds. The Kier molecular flexibility index (Phi) is 37.5. The summed E-state index contributed by atoms with van der Waals surface area (Å²) in [5.74, 6) is -1.54. The number of aliphatic carboxylic acids is 1. The van der Waals surface area contributed by atoms with Gasteiger partial charge in [-0.15, -0.1) is 0 Å². The number of likely N-dealkylation sites (tertiary alicyclic amines) is 4. The highest BCUT2D eigenvalue weighted by molar-refractivity contribution is 5.96. The van der Waals surface area contributed by atoms with E-state index in [2.05, 4.69) is 117 Å². The van der Waals surface area contributed by atoms with Crippen LogP contribution in [-0.4, -0.2) is 167 Å². The summed E-state index contributed by atoms with van der Waals surface area (Å²) in [6, 6.07) is 101. The van der Waals surface area contributed by atoms with Crippen molar-refractivity contribution in [1.82, 2.24) is 34.5 Å². The maximum atomic E-state index is 13.8. The summed E-state index contributed by atoms with van der Waals surface area (Å²) in [5, 5.41) is 10.9. The predicted octanol–water partition coefficient (Wildman–Crippen LogP) is 19.0. The first-order chi connectivity index (χ1) is 58.3. The third-order valence-electron chi connectivity index (χ3n) is 22.4. The number of hydrogen-bond donors (Lipinski definition) is 1. The highest BCUT2D eigenvalue weighted by Crippen LogP contribution is 2.40. The van der Waals surface area contributed by atoms with Crippen molar-refractivity contribution in [2.45, 2.75) is 130 Å². The monoisotopic (exact) mass is 1610 g/mol. The predicted molar refractivity (Wildman–Crippen MR) is 475 cm³/mol. The van der Waals surface area contributed by atoms with Gasteiger partial charge in [0.1, 0.15) is 13.2 Å². The number of imide groups is 2. The smallest absolute Gasteiger partial charge is 0.416 e. The summed E-state index contributed by atoms with van der Waals surface area (Å²) in [7, 11) is 3.22. The van der Waals surface area contributed by atoms with Crippen LogP contribution in [0.25, 0.3) is 0 Å². The molecule has 6 fully saturated rings. The Morgan fingerprint density at radius 2 is 0.546 bits per heavy atom. The van der Waals surface area contributed by atoms with Crippen LogP contribution in [0, 0.1) is 23.7 Å². The number of carboxylic acid groups (broad SMARTS) is 1. The maximum Gasteiger partial charge on any atom is 0.416 e. The van der Waals surface area contributed by atoms with E-state index in [1.807, 2.05) is 262 Å². The Morgan fingerprint density at radius 3 is 0.798 bits per heavy atom. The molecule has 119 heavy (non-hydrogen) atoms. The summed E-state index contributed by atoms with van der Waals surface area (Å²) in [4.78, 5) is 94.4. The number of benzene rings is 10. The molecule has 626 valence electrons. The zero-order valence-electron chi connectivity index (χ0n) is 71.2. The van der Waals surface area contributed by atoms with E-state index in [0.29, 0.717) is 32.5 Å². The van der Waals surface area contributed by atoms with Gasteiger partial charge in [-0.05, 0) is 68.5 Å². The lowest BCUT2D eigenvalue weighted by Gasteiger charge is -2.26. The van der Waals surface area contributed by atoms with Gasteiger partial charge in [0.15, 0.2) is 0 Å². The van der Waals surface area contributed by atoms with Gasteiger partial charge in [-0.25, -0.2) is 24.5 Å². The highest BCUT2D eigenvalue weighted by atomic mass is 16.7. The van der Waals surface area contributed by atoms with Crippen LogP contribution < -0.4 is 0 Å². The molecule has 0 radical (unpaired) electrons. The molecule has 10 aromatic rings. The van der Waals surface area contributed by atoms with Crippen molar-refractivity contribution in [2.24, 2.45) is 23.7 Å². The first kappa shape index (κ1) is 91.7. The van der Waals surface area contributed by atoms with Crippen LogP contribution in [0.15, 0.2) is 303 Å². The number of amides is 5. The Bertz CT molecular complexity index is 4410. The molecule has 0 aromatic heterocycles. The van der Waals surface area contributed by atoms with Crippen molar-refractivity contribution in [3.05, 3.63) is 359 Å².